The van der Waals surface area contributed by atoms with Gasteiger partial charge in [0.1, 0.15) is 0 Å². The summed E-state index contributed by atoms with van der Waals surface area (Å²) in [5.41, 5.74) is -0.725. The second kappa shape index (κ2) is 5.69. The molecule has 1 saturated carbocycles. The van der Waals surface area contributed by atoms with Crippen LogP contribution >= 0.6 is 0 Å². The topological polar surface area (TPSA) is 54.5 Å². The van der Waals surface area contributed by atoms with Gasteiger partial charge in [-0.2, -0.15) is 0 Å². The number of ether oxygens (including phenoxy) is 3. The maximum Gasteiger partial charge on any atom is 0.0980 e. The first-order chi connectivity index (χ1) is 10.6. The van der Waals surface area contributed by atoms with Gasteiger partial charge in [-0.3, -0.25) is 0 Å². The van der Waals surface area contributed by atoms with Gasteiger partial charge >= 0.3 is 0 Å². The predicted octanol–water partition coefficient (Wildman–Crippen LogP) is 3.30. The summed E-state index contributed by atoms with van der Waals surface area (Å²) in [5, 5.41) is 9.98. The van der Waals surface area contributed by atoms with Crippen molar-refractivity contribution in [2.24, 2.45) is 11.8 Å². The summed E-state index contributed by atoms with van der Waals surface area (Å²) in [4.78, 5) is 0. The van der Waals surface area contributed by atoms with Crippen LogP contribution in [0.5, 0.6) is 0 Å². The highest BCUT2D eigenvalue weighted by Gasteiger charge is 2.70. The van der Waals surface area contributed by atoms with Gasteiger partial charge in [-0.25, -0.2) is 0 Å². The van der Waals surface area contributed by atoms with Crippen molar-refractivity contribution in [2.45, 2.75) is 102 Å². The lowest BCUT2D eigenvalue weighted by Crippen LogP contribution is -2.50. The molecule has 0 amide bonds. The van der Waals surface area contributed by atoms with E-state index in [9.17, 15) is 5.11 Å². The molecule has 0 aromatic heterocycles. The van der Waals surface area contributed by atoms with Gasteiger partial charge in [-0.05, 0) is 66.2 Å². The maximum atomic E-state index is 9.98. The summed E-state index contributed by atoms with van der Waals surface area (Å²) in [5.74, 6) is 0.824. The first-order valence-electron chi connectivity index (χ1n) is 9.27. The van der Waals surface area contributed by atoms with Crippen LogP contribution in [0.2, 0.25) is 0 Å². The Balaban J connectivity index is 1.69. The molecule has 0 aromatic carbocycles. The summed E-state index contributed by atoms with van der Waals surface area (Å²) in [6.07, 6.45) is 4.64. The lowest BCUT2D eigenvalue weighted by atomic mass is 9.64. The van der Waals surface area contributed by atoms with E-state index in [-0.39, 0.29) is 23.4 Å². The van der Waals surface area contributed by atoms with Crippen LogP contribution in [0.3, 0.4) is 0 Å². The molecule has 3 aliphatic rings. The third-order valence-electron chi connectivity index (χ3n) is 6.11. The number of aliphatic hydroxyl groups is 1. The van der Waals surface area contributed by atoms with Crippen molar-refractivity contribution < 1.29 is 19.3 Å². The van der Waals surface area contributed by atoms with Crippen LogP contribution in [0.15, 0.2) is 0 Å². The van der Waals surface area contributed by atoms with E-state index in [1.54, 1.807) is 0 Å². The molecule has 134 valence electrons. The van der Waals surface area contributed by atoms with E-state index in [1.165, 1.54) is 0 Å². The van der Waals surface area contributed by atoms with Gasteiger partial charge in [0.05, 0.1) is 41.7 Å². The highest BCUT2D eigenvalue weighted by molar-refractivity contribution is 5.18. The number of hydrogen-bond donors (Lipinski definition) is 1. The van der Waals surface area contributed by atoms with Crippen molar-refractivity contribution in [2.75, 3.05) is 6.61 Å². The Morgan fingerprint density at radius 3 is 2.52 bits per heavy atom. The molecule has 2 heterocycles. The zero-order valence-corrected chi connectivity index (χ0v) is 15.6. The molecule has 6 atom stereocenters. The van der Waals surface area contributed by atoms with E-state index in [0.717, 1.165) is 32.3 Å². The van der Waals surface area contributed by atoms with Crippen LogP contribution in [0, 0.1) is 11.8 Å². The Labute approximate surface area is 140 Å². The van der Waals surface area contributed by atoms with Gasteiger partial charge in [-0.1, -0.05) is 6.92 Å². The minimum atomic E-state index is -0.623. The highest BCUT2D eigenvalue weighted by Crippen LogP contribution is 2.61. The van der Waals surface area contributed by atoms with Gasteiger partial charge in [0.25, 0.3) is 0 Å². The molecule has 3 fully saturated rings. The van der Waals surface area contributed by atoms with Crippen LogP contribution in [-0.2, 0) is 14.2 Å². The average Bonchev–Trinajstić information content (AvgIpc) is 3.30. The summed E-state index contributed by atoms with van der Waals surface area (Å²) < 4.78 is 18.3. The number of rotatable bonds is 6. The molecule has 2 aliphatic heterocycles. The SMILES string of the molecule is CC(C)O[C@@H]1CC[C@]2(CO2)C(C2(C)O[C@@H]2CCC(C)(C)O)[C@@H]1C. The van der Waals surface area contributed by atoms with E-state index in [0.29, 0.717) is 17.9 Å². The zero-order chi connectivity index (χ0) is 17.0. The molecule has 0 bridgehead atoms. The van der Waals surface area contributed by atoms with Crippen molar-refractivity contribution in [3.63, 3.8) is 0 Å². The van der Waals surface area contributed by atoms with Gasteiger partial charge in [0.2, 0.25) is 0 Å². The van der Waals surface area contributed by atoms with Crippen molar-refractivity contribution in [3.8, 4) is 0 Å². The first-order valence-corrected chi connectivity index (χ1v) is 9.27. The van der Waals surface area contributed by atoms with E-state index in [1.807, 2.05) is 13.8 Å². The Kier molecular flexibility index (Phi) is 4.37. The van der Waals surface area contributed by atoms with Crippen LogP contribution in [0.4, 0.5) is 0 Å². The molecule has 1 aliphatic carbocycles. The highest BCUT2D eigenvalue weighted by atomic mass is 16.6. The minimum Gasteiger partial charge on any atom is -0.390 e. The lowest BCUT2D eigenvalue weighted by Gasteiger charge is -2.43. The second-order valence-electron chi connectivity index (χ2n) is 9.09. The van der Waals surface area contributed by atoms with E-state index in [4.69, 9.17) is 14.2 Å². The Morgan fingerprint density at radius 2 is 2.00 bits per heavy atom. The van der Waals surface area contributed by atoms with E-state index >= 15 is 0 Å². The van der Waals surface area contributed by atoms with Crippen molar-refractivity contribution in [1.82, 2.24) is 0 Å². The predicted molar refractivity (Wildman–Crippen MR) is 89.4 cm³/mol. The first kappa shape index (κ1) is 17.7. The molecule has 0 aromatic rings. The van der Waals surface area contributed by atoms with E-state index < -0.39 is 5.60 Å². The van der Waals surface area contributed by atoms with Gasteiger partial charge in [-0.15, -0.1) is 0 Å². The molecule has 23 heavy (non-hydrogen) atoms. The maximum absolute atomic E-state index is 9.98. The average molecular weight is 326 g/mol. The summed E-state index contributed by atoms with van der Waals surface area (Å²) in [7, 11) is 0. The molecule has 0 radical (unpaired) electrons. The van der Waals surface area contributed by atoms with Crippen LogP contribution in [-0.4, -0.2) is 46.8 Å². The van der Waals surface area contributed by atoms with Crippen LogP contribution in [0.1, 0.15) is 67.2 Å². The molecule has 2 saturated heterocycles. The second-order valence-corrected chi connectivity index (χ2v) is 9.09. The third kappa shape index (κ3) is 3.46. The summed E-state index contributed by atoms with van der Waals surface area (Å²) in [6, 6.07) is 0. The number of epoxide rings is 2. The van der Waals surface area contributed by atoms with Crippen molar-refractivity contribution in [1.29, 1.82) is 0 Å². The smallest absolute Gasteiger partial charge is 0.0980 e. The fraction of sp³-hybridized carbons (Fsp3) is 1.00. The lowest BCUT2D eigenvalue weighted by molar-refractivity contribution is -0.0930. The van der Waals surface area contributed by atoms with Gasteiger partial charge in [0.15, 0.2) is 0 Å². The monoisotopic (exact) mass is 326 g/mol. The minimum absolute atomic E-state index is 0.0223. The molecule has 4 nitrogen and oxygen atoms in total. The quantitative estimate of drug-likeness (QED) is 0.761. The largest absolute Gasteiger partial charge is 0.390 e. The molecule has 1 N–H and O–H groups in total. The Hall–Kier alpha value is -0.160. The fourth-order valence-electron chi connectivity index (χ4n) is 4.88. The zero-order valence-electron chi connectivity index (χ0n) is 15.6. The Morgan fingerprint density at radius 1 is 1.35 bits per heavy atom. The normalized spacial score (nSPS) is 46.4. The van der Waals surface area contributed by atoms with Gasteiger partial charge in [0, 0.05) is 5.92 Å². The molecular weight excluding hydrogens is 292 g/mol. The molecule has 4 heteroatoms. The Bertz CT molecular complexity index is 437. The molecule has 2 unspecified atom stereocenters. The molecule has 3 rings (SSSR count). The van der Waals surface area contributed by atoms with Crippen LogP contribution < -0.4 is 0 Å². The third-order valence-corrected chi connectivity index (χ3v) is 6.11. The van der Waals surface area contributed by atoms with Gasteiger partial charge < -0.3 is 19.3 Å². The van der Waals surface area contributed by atoms with E-state index in [2.05, 4.69) is 27.7 Å². The fourth-order valence-corrected chi connectivity index (χ4v) is 4.88. The van der Waals surface area contributed by atoms with Crippen molar-refractivity contribution >= 4 is 0 Å². The van der Waals surface area contributed by atoms with Crippen LogP contribution in [0.25, 0.3) is 0 Å². The summed E-state index contributed by atoms with van der Waals surface area (Å²) in [6.45, 7) is 13.4. The molecule has 1 spiro atoms. The number of hydrogen-bond acceptors (Lipinski definition) is 4. The standard InChI is InChI=1S/C19H34O4/c1-12(2)22-14-7-10-19(11-21-19)16(13(14)3)18(6)15(23-18)8-9-17(4,5)20/h12-16,20H,7-11H2,1-6H3/t13-,14-,15-,16?,18?,19+/m1/s1. The van der Waals surface area contributed by atoms with Crippen molar-refractivity contribution in [3.05, 3.63) is 0 Å². The summed E-state index contributed by atoms with van der Waals surface area (Å²) >= 11 is 0. The molecular formula is C19H34O4.